The molecule has 0 aliphatic carbocycles. The second-order valence-electron chi connectivity index (χ2n) is 8.35. The van der Waals surface area contributed by atoms with Gasteiger partial charge in [0.2, 0.25) is 0 Å². The third kappa shape index (κ3) is 3.67. The molecule has 2 saturated heterocycles. The number of anilines is 1. The fraction of sp³-hybridized carbons (Fsp3) is 0.500. The Bertz CT molecular complexity index is 1060. The lowest BCUT2D eigenvalue weighted by Gasteiger charge is -2.26. The number of imidazole rings is 1. The van der Waals surface area contributed by atoms with Gasteiger partial charge in [-0.2, -0.15) is 0 Å². The molecule has 5 rings (SSSR count). The van der Waals surface area contributed by atoms with Gasteiger partial charge in [0, 0.05) is 0 Å². The zero-order valence-corrected chi connectivity index (χ0v) is 17.8. The van der Waals surface area contributed by atoms with Gasteiger partial charge in [-0.15, -0.1) is 0 Å². The number of fused-ring (bicyclic) bond motifs is 2. The van der Waals surface area contributed by atoms with Gasteiger partial charge < -0.3 is 24.7 Å². The minimum Gasteiger partial charge on any atom is -0.382 e. The van der Waals surface area contributed by atoms with Crippen LogP contribution in [0.2, 0.25) is 0 Å². The van der Waals surface area contributed by atoms with Crippen LogP contribution >= 0.6 is 0 Å². The first-order valence-corrected chi connectivity index (χ1v) is 10.6. The molecule has 2 aromatic heterocycles. The van der Waals surface area contributed by atoms with E-state index in [1.165, 1.54) is 6.33 Å². The fourth-order valence-corrected chi connectivity index (χ4v) is 4.40. The number of hydrogen-bond donors (Lipinski definition) is 1. The van der Waals surface area contributed by atoms with Crippen LogP contribution in [0.1, 0.15) is 45.1 Å². The second kappa shape index (κ2) is 7.83. The number of ether oxygens (including phenoxy) is 4. The zero-order valence-electron chi connectivity index (χ0n) is 17.8. The van der Waals surface area contributed by atoms with Gasteiger partial charge in [0.15, 0.2) is 23.5 Å². The van der Waals surface area contributed by atoms with Gasteiger partial charge in [-0.25, -0.2) is 15.0 Å². The first-order valence-electron chi connectivity index (χ1n) is 10.6. The molecule has 2 N–H and O–H groups in total. The minimum atomic E-state index is -0.719. The standard InChI is InChI=1S/C22H27N5O4/c1-4-14(13-8-6-5-7-9-13)28-10-15-17-18(31-22(2,3)30-17)21(29-15)27-12-26-16-19(23)24-11-25-20(16)27/h5-9,11-12,14-15,17-18,21H,4,10H2,1-3H3,(H2,23,24,25)/t14-,15+,17+,18+,21+/m0/s1. The lowest BCUT2D eigenvalue weighted by Crippen LogP contribution is -2.33. The normalized spacial score (nSPS) is 28.1. The summed E-state index contributed by atoms with van der Waals surface area (Å²) < 4.78 is 26.9. The molecule has 2 fully saturated rings. The Labute approximate surface area is 180 Å². The van der Waals surface area contributed by atoms with Crippen LogP contribution in [0.15, 0.2) is 43.0 Å². The van der Waals surface area contributed by atoms with Crippen LogP contribution in [0.3, 0.4) is 0 Å². The Morgan fingerprint density at radius 3 is 2.68 bits per heavy atom. The number of rotatable bonds is 6. The number of aromatic nitrogens is 4. The Kier molecular flexibility index (Phi) is 5.13. The van der Waals surface area contributed by atoms with Crippen molar-refractivity contribution < 1.29 is 18.9 Å². The van der Waals surface area contributed by atoms with Crippen LogP contribution in [-0.2, 0) is 18.9 Å². The molecule has 0 saturated carbocycles. The molecule has 0 spiro atoms. The third-order valence-corrected chi connectivity index (χ3v) is 5.79. The Hall–Kier alpha value is -2.59. The van der Waals surface area contributed by atoms with E-state index in [1.807, 2.05) is 36.6 Å². The van der Waals surface area contributed by atoms with Gasteiger partial charge in [0.05, 0.1) is 19.0 Å². The van der Waals surface area contributed by atoms with Gasteiger partial charge >= 0.3 is 0 Å². The van der Waals surface area contributed by atoms with Gasteiger partial charge in [-0.3, -0.25) is 4.57 Å². The lowest BCUT2D eigenvalue weighted by molar-refractivity contribution is -0.203. The molecule has 1 aromatic carbocycles. The van der Waals surface area contributed by atoms with Gasteiger partial charge in [0.1, 0.15) is 30.2 Å². The number of benzene rings is 1. The molecule has 2 aliphatic heterocycles. The van der Waals surface area contributed by atoms with Crippen molar-refractivity contribution in [3.05, 3.63) is 48.5 Å². The second-order valence-corrected chi connectivity index (χ2v) is 8.35. The maximum Gasteiger partial charge on any atom is 0.167 e. The maximum absolute atomic E-state index is 6.39. The molecule has 9 nitrogen and oxygen atoms in total. The summed E-state index contributed by atoms with van der Waals surface area (Å²) in [6, 6.07) is 10.2. The summed E-state index contributed by atoms with van der Waals surface area (Å²) in [5, 5.41) is 0. The van der Waals surface area contributed by atoms with Crippen LogP contribution in [0, 0.1) is 0 Å². The van der Waals surface area contributed by atoms with Crippen molar-refractivity contribution in [3.63, 3.8) is 0 Å². The van der Waals surface area contributed by atoms with Crippen molar-refractivity contribution in [2.75, 3.05) is 12.3 Å². The smallest absolute Gasteiger partial charge is 0.167 e. The molecule has 31 heavy (non-hydrogen) atoms. The summed E-state index contributed by atoms with van der Waals surface area (Å²) in [5.41, 5.74) is 8.24. The summed E-state index contributed by atoms with van der Waals surface area (Å²) in [7, 11) is 0. The summed E-state index contributed by atoms with van der Waals surface area (Å²) in [6.45, 7) is 6.31. The zero-order chi connectivity index (χ0) is 21.6. The highest BCUT2D eigenvalue weighted by Crippen LogP contribution is 2.44. The van der Waals surface area contributed by atoms with Gasteiger partial charge in [-0.05, 0) is 25.8 Å². The van der Waals surface area contributed by atoms with E-state index in [0.29, 0.717) is 23.6 Å². The van der Waals surface area contributed by atoms with E-state index in [2.05, 4.69) is 34.0 Å². The van der Waals surface area contributed by atoms with Crippen molar-refractivity contribution in [2.24, 2.45) is 0 Å². The lowest BCUT2D eigenvalue weighted by atomic mass is 10.1. The first kappa shape index (κ1) is 20.3. The number of nitrogens with zero attached hydrogens (tertiary/aromatic N) is 4. The summed E-state index contributed by atoms with van der Waals surface area (Å²) >= 11 is 0. The highest BCUT2D eigenvalue weighted by molar-refractivity contribution is 5.81. The van der Waals surface area contributed by atoms with Crippen molar-refractivity contribution in [1.29, 1.82) is 0 Å². The molecule has 3 aromatic rings. The van der Waals surface area contributed by atoms with Crippen LogP contribution in [0.25, 0.3) is 11.2 Å². The van der Waals surface area contributed by atoms with E-state index >= 15 is 0 Å². The molecule has 0 amide bonds. The summed E-state index contributed by atoms with van der Waals surface area (Å²) in [4.78, 5) is 12.7. The van der Waals surface area contributed by atoms with E-state index in [4.69, 9.17) is 24.7 Å². The third-order valence-electron chi connectivity index (χ3n) is 5.79. The highest BCUT2D eigenvalue weighted by Gasteiger charge is 2.56. The van der Waals surface area contributed by atoms with E-state index in [9.17, 15) is 0 Å². The van der Waals surface area contributed by atoms with Crippen molar-refractivity contribution in [1.82, 2.24) is 19.5 Å². The maximum atomic E-state index is 6.39. The van der Waals surface area contributed by atoms with E-state index in [1.54, 1.807) is 6.33 Å². The average Bonchev–Trinajstić information content (AvgIpc) is 3.41. The molecule has 5 atom stereocenters. The Morgan fingerprint density at radius 1 is 1.13 bits per heavy atom. The molecule has 0 unspecified atom stereocenters. The average molecular weight is 425 g/mol. The SMILES string of the molecule is CC[C@H](OC[C@H]1O[C@@H](n2cnc3c(N)ncnc32)[C@@H]2OC(C)(C)O[C@@H]21)c1ccccc1. The Balaban J connectivity index is 1.40. The van der Waals surface area contributed by atoms with Crippen molar-refractivity contribution >= 4 is 17.0 Å². The van der Waals surface area contributed by atoms with Crippen LogP contribution in [0.4, 0.5) is 5.82 Å². The predicted octanol–water partition coefficient (Wildman–Crippen LogP) is 2.99. The first-order chi connectivity index (χ1) is 15.0. The van der Waals surface area contributed by atoms with Gasteiger partial charge in [0.25, 0.3) is 0 Å². The molecule has 0 bridgehead atoms. The van der Waals surface area contributed by atoms with Crippen LogP contribution in [0.5, 0.6) is 0 Å². The van der Waals surface area contributed by atoms with E-state index in [-0.39, 0.29) is 24.4 Å². The quantitative estimate of drug-likeness (QED) is 0.642. The number of nitrogen functional groups attached to an aromatic ring is 1. The number of hydrogen-bond acceptors (Lipinski definition) is 8. The molecular formula is C22H27N5O4. The molecule has 9 heteroatoms. The summed E-state index contributed by atoms with van der Waals surface area (Å²) in [5.74, 6) is -0.389. The minimum absolute atomic E-state index is 0.0146. The van der Waals surface area contributed by atoms with Crippen molar-refractivity contribution in [3.8, 4) is 0 Å². The monoisotopic (exact) mass is 425 g/mol. The summed E-state index contributed by atoms with van der Waals surface area (Å²) in [6.07, 6.45) is 2.57. The largest absolute Gasteiger partial charge is 0.382 e. The molecular weight excluding hydrogens is 398 g/mol. The van der Waals surface area contributed by atoms with Gasteiger partial charge in [-0.1, -0.05) is 37.3 Å². The van der Waals surface area contributed by atoms with Crippen molar-refractivity contribution in [2.45, 2.75) is 63.6 Å². The molecule has 0 radical (unpaired) electrons. The molecule has 164 valence electrons. The molecule has 4 heterocycles. The highest BCUT2D eigenvalue weighted by atomic mass is 16.8. The van der Waals surface area contributed by atoms with Crippen LogP contribution < -0.4 is 5.73 Å². The van der Waals surface area contributed by atoms with E-state index < -0.39 is 12.0 Å². The van der Waals surface area contributed by atoms with Crippen LogP contribution in [-0.4, -0.2) is 50.2 Å². The molecule has 2 aliphatic rings. The topological polar surface area (TPSA) is 107 Å². The predicted molar refractivity (Wildman–Crippen MR) is 113 cm³/mol. The number of nitrogens with two attached hydrogens (primary N) is 1. The fourth-order valence-electron chi connectivity index (χ4n) is 4.40. The van der Waals surface area contributed by atoms with E-state index in [0.717, 1.165) is 12.0 Å². The Morgan fingerprint density at radius 2 is 1.90 bits per heavy atom.